The van der Waals surface area contributed by atoms with Gasteiger partial charge < -0.3 is 15.0 Å². The van der Waals surface area contributed by atoms with Crippen LogP contribution in [-0.2, 0) is 15.7 Å². The average Bonchev–Trinajstić information content (AvgIpc) is 3.26. The first-order valence-electron chi connectivity index (χ1n) is 9.90. The number of carbonyl (C=O) groups is 2. The number of thioether (sulfide) groups is 1. The molecule has 1 aliphatic rings. The van der Waals surface area contributed by atoms with Crippen LogP contribution in [0.25, 0.3) is 0 Å². The summed E-state index contributed by atoms with van der Waals surface area (Å²) in [7, 11) is 1.46. The molecule has 1 atom stereocenters. The number of likely N-dealkylation sites (N-methyl/N-ethyl adjacent to an activating group) is 1. The molecule has 0 radical (unpaired) electrons. The van der Waals surface area contributed by atoms with Crippen molar-refractivity contribution in [3.63, 3.8) is 0 Å². The van der Waals surface area contributed by atoms with E-state index in [2.05, 4.69) is 5.32 Å². The lowest BCUT2D eigenvalue weighted by Gasteiger charge is -2.19. The summed E-state index contributed by atoms with van der Waals surface area (Å²) in [4.78, 5) is 27.3. The average molecular weight is 487 g/mol. The van der Waals surface area contributed by atoms with Crippen molar-refractivity contribution in [2.24, 2.45) is 0 Å². The molecule has 3 rings (SSSR count). The van der Waals surface area contributed by atoms with Gasteiger partial charge in [0.05, 0.1) is 28.8 Å². The van der Waals surface area contributed by atoms with Crippen LogP contribution in [-0.4, -0.2) is 48.8 Å². The Kier molecular flexibility index (Phi) is 8.08. The van der Waals surface area contributed by atoms with Crippen LogP contribution in [0.5, 0.6) is 0 Å². The van der Waals surface area contributed by atoms with E-state index in [9.17, 15) is 22.8 Å². The summed E-state index contributed by atoms with van der Waals surface area (Å²) in [5.74, 6) is -0.254. The normalized spacial score (nSPS) is 16.1. The van der Waals surface area contributed by atoms with Crippen molar-refractivity contribution in [2.45, 2.75) is 30.0 Å². The molecule has 0 saturated carbocycles. The van der Waals surface area contributed by atoms with Crippen molar-refractivity contribution < 1.29 is 27.5 Å². The van der Waals surface area contributed by atoms with Gasteiger partial charge in [0.25, 0.3) is 5.91 Å². The maximum Gasteiger partial charge on any atom is 0.417 e. The number of nitrogens with zero attached hydrogens (tertiary/aromatic N) is 1. The minimum Gasteiger partial charge on any atom is -0.377 e. The van der Waals surface area contributed by atoms with Crippen LogP contribution in [0.2, 0.25) is 5.02 Å². The zero-order chi connectivity index (χ0) is 23.3. The van der Waals surface area contributed by atoms with E-state index >= 15 is 0 Å². The highest BCUT2D eigenvalue weighted by Crippen LogP contribution is 2.36. The topological polar surface area (TPSA) is 58.6 Å². The van der Waals surface area contributed by atoms with Crippen molar-refractivity contribution in [3.8, 4) is 0 Å². The fraction of sp³-hybridized carbons (Fsp3) is 0.364. The van der Waals surface area contributed by atoms with Gasteiger partial charge in [-0.15, -0.1) is 11.8 Å². The molecule has 2 amide bonds. The number of hydrogen-bond acceptors (Lipinski definition) is 4. The Morgan fingerprint density at radius 2 is 2.00 bits per heavy atom. The molecular weight excluding hydrogens is 465 g/mol. The molecule has 0 aliphatic carbocycles. The molecule has 5 nitrogen and oxygen atoms in total. The van der Waals surface area contributed by atoms with E-state index in [1.807, 2.05) is 12.1 Å². The van der Waals surface area contributed by atoms with Crippen molar-refractivity contribution >= 4 is 40.9 Å². The standard InChI is InChI=1S/C22H22ClF3N2O3S/c1-28(12-20(29)27-14-8-9-18(23)17(11-14)22(24,25)26)21(30)16-6-2-3-7-19(16)32-13-15-5-4-10-31-15/h2-3,6-9,11,15H,4-5,10,12-13H2,1H3,(H,27,29). The minimum absolute atomic E-state index is 0.0555. The van der Waals surface area contributed by atoms with Crippen LogP contribution in [0.1, 0.15) is 28.8 Å². The number of anilines is 1. The van der Waals surface area contributed by atoms with Crippen LogP contribution >= 0.6 is 23.4 Å². The van der Waals surface area contributed by atoms with Gasteiger partial charge in [-0.2, -0.15) is 13.2 Å². The Balaban J connectivity index is 1.63. The number of rotatable bonds is 7. The molecule has 1 unspecified atom stereocenters. The van der Waals surface area contributed by atoms with Gasteiger partial charge in [-0.05, 0) is 43.2 Å². The van der Waals surface area contributed by atoms with E-state index in [0.717, 1.165) is 42.2 Å². The summed E-state index contributed by atoms with van der Waals surface area (Å²) >= 11 is 7.12. The highest BCUT2D eigenvalue weighted by molar-refractivity contribution is 7.99. The van der Waals surface area contributed by atoms with Gasteiger partial charge in [0, 0.05) is 30.0 Å². The number of nitrogens with one attached hydrogen (secondary N) is 1. The summed E-state index contributed by atoms with van der Waals surface area (Å²) in [6.07, 6.45) is -2.46. The molecule has 10 heteroatoms. The summed E-state index contributed by atoms with van der Waals surface area (Å²) < 4.78 is 44.6. The van der Waals surface area contributed by atoms with Crippen LogP contribution in [0, 0.1) is 0 Å². The number of hydrogen-bond donors (Lipinski definition) is 1. The zero-order valence-corrected chi connectivity index (χ0v) is 18.8. The highest BCUT2D eigenvalue weighted by Gasteiger charge is 2.33. The summed E-state index contributed by atoms with van der Waals surface area (Å²) in [5.41, 5.74) is -0.643. The molecule has 2 aromatic rings. The van der Waals surface area contributed by atoms with Gasteiger partial charge in [-0.1, -0.05) is 23.7 Å². The maximum atomic E-state index is 13.0. The van der Waals surface area contributed by atoms with E-state index in [1.54, 1.807) is 12.1 Å². The van der Waals surface area contributed by atoms with Crippen LogP contribution in [0.15, 0.2) is 47.4 Å². The molecule has 1 saturated heterocycles. The third-order valence-electron chi connectivity index (χ3n) is 4.85. The second-order valence-corrected chi connectivity index (χ2v) is 8.81. The molecular formula is C22H22ClF3N2O3S. The second-order valence-electron chi connectivity index (χ2n) is 7.34. The molecule has 0 spiro atoms. The Morgan fingerprint density at radius 3 is 2.69 bits per heavy atom. The molecule has 1 heterocycles. The van der Waals surface area contributed by atoms with Gasteiger partial charge in [0.2, 0.25) is 5.91 Å². The maximum absolute atomic E-state index is 13.0. The number of halogens is 4. The smallest absolute Gasteiger partial charge is 0.377 e. The lowest BCUT2D eigenvalue weighted by Crippen LogP contribution is -2.35. The second kappa shape index (κ2) is 10.6. The molecule has 2 aromatic carbocycles. The molecule has 32 heavy (non-hydrogen) atoms. The van der Waals surface area contributed by atoms with Gasteiger partial charge in [0.15, 0.2) is 0 Å². The van der Waals surface area contributed by atoms with Crippen molar-refractivity contribution in [3.05, 3.63) is 58.6 Å². The molecule has 1 aliphatic heterocycles. The van der Waals surface area contributed by atoms with Crippen molar-refractivity contribution in [1.29, 1.82) is 0 Å². The Bertz CT molecular complexity index is 981. The van der Waals surface area contributed by atoms with E-state index in [-0.39, 0.29) is 24.2 Å². The first kappa shape index (κ1) is 24.4. The van der Waals surface area contributed by atoms with Crippen LogP contribution < -0.4 is 5.32 Å². The Labute approximate surface area is 193 Å². The third-order valence-corrected chi connectivity index (χ3v) is 6.38. The summed E-state index contributed by atoms with van der Waals surface area (Å²) in [6, 6.07) is 10.2. The van der Waals surface area contributed by atoms with E-state index in [4.69, 9.17) is 16.3 Å². The Hall–Kier alpha value is -2.23. The molecule has 1 N–H and O–H groups in total. The summed E-state index contributed by atoms with van der Waals surface area (Å²) in [5, 5.41) is 1.92. The Morgan fingerprint density at radius 1 is 1.25 bits per heavy atom. The number of alkyl halides is 3. The minimum atomic E-state index is -4.64. The number of amides is 2. The quantitative estimate of drug-likeness (QED) is 0.537. The monoisotopic (exact) mass is 486 g/mol. The zero-order valence-electron chi connectivity index (χ0n) is 17.2. The number of carbonyl (C=O) groups excluding carboxylic acids is 2. The predicted octanol–water partition coefficient (Wildman–Crippen LogP) is 5.34. The number of benzene rings is 2. The lowest BCUT2D eigenvalue weighted by atomic mass is 10.2. The third kappa shape index (κ3) is 6.40. The van der Waals surface area contributed by atoms with Gasteiger partial charge in [-0.25, -0.2) is 0 Å². The molecule has 1 fully saturated rings. The first-order chi connectivity index (χ1) is 15.1. The van der Waals surface area contributed by atoms with Gasteiger partial charge in [0.1, 0.15) is 0 Å². The predicted molar refractivity (Wildman–Crippen MR) is 118 cm³/mol. The highest BCUT2D eigenvalue weighted by atomic mass is 35.5. The molecule has 0 bridgehead atoms. The van der Waals surface area contributed by atoms with E-state index < -0.39 is 22.7 Å². The molecule has 172 valence electrons. The van der Waals surface area contributed by atoms with Crippen LogP contribution in [0.3, 0.4) is 0 Å². The van der Waals surface area contributed by atoms with Gasteiger partial charge in [-0.3, -0.25) is 9.59 Å². The first-order valence-corrected chi connectivity index (χ1v) is 11.3. The SMILES string of the molecule is CN(CC(=O)Nc1ccc(Cl)c(C(F)(F)F)c1)C(=O)c1ccccc1SCC1CCCO1. The van der Waals surface area contributed by atoms with Crippen LogP contribution in [0.4, 0.5) is 18.9 Å². The lowest BCUT2D eigenvalue weighted by molar-refractivity contribution is -0.137. The van der Waals surface area contributed by atoms with E-state index in [0.29, 0.717) is 5.56 Å². The largest absolute Gasteiger partial charge is 0.417 e. The summed E-state index contributed by atoms with van der Waals surface area (Å²) in [6.45, 7) is 0.426. The van der Waals surface area contributed by atoms with Crippen molar-refractivity contribution in [1.82, 2.24) is 4.90 Å². The van der Waals surface area contributed by atoms with Crippen molar-refractivity contribution in [2.75, 3.05) is 31.3 Å². The fourth-order valence-corrected chi connectivity index (χ4v) is 4.58. The number of ether oxygens (including phenoxy) is 1. The molecule has 0 aromatic heterocycles. The fourth-order valence-electron chi connectivity index (χ4n) is 3.24. The van der Waals surface area contributed by atoms with E-state index in [1.165, 1.54) is 29.8 Å². The van der Waals surface area contributed by atoms with Gasteiger partial charge >= 0.3 is 6.18 Å².